The molecule has 0 fully saturated rings. The molecule has 0 heterocycles. The molecule has 1 N–H and O–H groups in total. The SMILES string of the molecule is OCCCCCCCCCOc1ccc(C(F)(F)F)cc1. The number of aliphatic hydroxyl groups excluding tert-OH is 1. The van der Waals surface area contributed by atoms with Crippen LogP contribution in [-0.4, -0.2) is 18.3 Å². The molecule has 1 aromatic carbocycles. The van der Waals surface area contributed by atoms with Crippen LogP contribution < -0.4 is 4.74 Å². The first kappa shape index (κ1) is 17.8. The Balaban J connectivity index is 2.08. The lowest BCUT2D eigenvalue weighted by atomic mass is 10.1. The Kier molecular flexibility index (Phi) is 8.20. The van der Waals surface area contributed by atoms with Crippen molar-refractivity contribution in [2.24, 2.45) is 0 Å². The molecule has 0 amide bonds. The van der Waals surface area contributed by atoms with E-state index in [1.165, 1.54) is 12.1 Å². The van der Waals surface area contributed by atoms with Crippen LogP contribution in [0.4, 0.5) is 13.2 Å². The number of hydrogen-bond acceptors (Lipinski definition) is 2. The van der Waals surface area contributed by atoms with Crippen molar-refractivity contribution in [3.8, 4) is 5.75 Å². The van der Waals surface area contributed by atoms with Gasteiger partial charge in [-0.1, -0.05) is 32.1 Å². The molecule has 2 nitrogen and oxygen atoms in total. The Hall–Kier alpha value is -1.23. The van der Waals surface area contributed by atoms with Crippen LogP contribution in [0.3, 0.4) is 0 Å². The predicted octanol–water partition coefficient (Wildman–Crippen LogP) is 4.81. The monoisotopic (exact) mass is 304 g/mol. The van der Waals surface area contributed by atoms with Crippen LogP contribution in [0.5, 0.6) is 5.75 Å². The van der Waals surface area contributed by atoms with Gasteiger partial charge in [0.05, 0.1) is 12.2 Å². The van der Waals surface area contributed by atoms with Crippen LogP contribution in [0.15, 0.2) is 24.3 Å². The van der Waals surface area contributed by atoms with Gasteiger partial charge in [0.15, 0.2) is 0 Å². The molecule has 0 spiro atoms. The van der Waals surface area contributed by atoms with Crippen LogP contribution in [0.2, 0.25) is 0 Å². The minimum absolute atomic E-state index is 0.265. The summed E-state index contributed by atoms with van der Waals surface area (Å²) in [4.78, 5) is 0. The van der Waals surface area contributed by atoms with Crippen LogP contribution in [0.25, 0.3) is 0 Å². The number of rotatable bonds is 10. The third-order valence-electron chi connectivity index (χ3n) is 3.25. The number of aliphatic hydroxyl groups is 1. The molecule has 21 heavy (non-hydrogen) atoms. The van der Waals surface area contributed by atoms with E-state index >= 15 is 0 Å². The highest BCUT2D eigenvalue weighted by molar-refractivity contribution is 5.28. The van der Waals surface area contributed by atoms with Crippen molar-refractivity contribution in [2.75, 3.05) is 13.2 Å². The molecule has 120 valence electrons. The lowest BCUT2D eigenvalue weighted by Gasteiger charge is -2.09. The molecule has 0 radical (unpaired) electrons. The van der Waals surface area contributed by atoms with E-state index in [1.807, 2.05) is 0 Å². The van der Waals surface area contributed by atoms with Gasteiger partial charge in [0.2, 0.25) is 0 Å². The molecule has 0 aromatic heterocycles. The fourth-order valence-electron chi connectivity index (χ4n) is 2.03. The highest BCUT2D eigenvalue weighted by Crippen LogP contribution is 2.30. The van der Waals surface area contributed by atoms with E-state index < -0.39 is 11.7 Å². The summed E-state index contributed by atoms with van der Waals surface area (Å²) in [6.45, 7) is 0.795. The smallest absolute Gasteiger partial charge is 0.416 e. The fraction of sp³-hybridized carbons (Fsp3) is 0.625. The second-order valence-electron chi connectivity index (χ2n) is 5.07. The summed E-state index contributed by atoms with van der Waals surface area (Å²) in [5, 5.41) is 8.63. The van der Waals surface area contributed by atoms with Crippen LogP contribution >= 0.6 is 0 Å². The first-order valence-corrected chi connectivity index (χ1v) is 7.45. The van der Waals surface area contributed by atoms with Gasteiger partial charge in [-0.15, -0.1) is 0 Å². The van der Waals surface area contributed by atoms with Gasteiger partial charge < -0.3 is 9.84 Å². The first-order chi connectivity index (χ1) is 10.0. The lowest BCUT2D eigenvalue weighted by Crippen LogP contribution is -2.04. The number of halogens is 3. The van der Waals surface area contributed by atoms with E-state index in [0.29, 0.717) is 12.4 Å². The van der Waals surface area contributed by atoms with Crippen molar-refractivity contribution < 1.29 is 23.0 Å². The number of ether oxygens (including phenoxy) is 1. The largest absolute Gasteiger partial charge is 0.494 e. The third kappa shape index (κ3) is 7.95. The van der Waals surface area contributed by atoms with Gasteiger partial charge in [-0.05, 0) is 37.1 Å². The Morgan fingerprint density at radius 1 is 0.810 bits per heavy atom. The zero-order valence-electron chi connectivity index (χ0n) is 12.2. The van der Waals surface area contributed by atoms with Gasteiger partial charge in [-0.25, -0.2) is 0 Å². The van der Waals surface area contributed by atoms with Crippen LogP contribution in [0.1, 0.15) is 50.5 Å². The molecule has 0 saturated heterocycles. The quantitative estimate of drug-likeness (QED) is 0.629. The van der Waals surface area contributed by atoms with E-state index in [-0.39, 0.29) is 6.61 Å². The molecule has 0 aliphatic carbocycles. The number of benzene rings is 1. The first-order valence-electron chi connectivity index (χ1n) is 7.45. The molecular weight excluding hydrogens is 281 g/mol. The summed E-state index contributed by atoms with van der Waals surface area (Å²) in [5.41, 5.74) is -0.655. The Morgan fingerprint density at radius 2 is 1.33 bits per heavy atom. The number of unbranched alkanes of at least 4 members (excludes halogenated alkanes) is 6. The minimum atomic E-state index is -4.30. The zero-order chi connectivity index (χ0) is 15.6. The third-order valence-corrected chi connectivity index (χ3v) is 3.25. The summed E-state index contributed by atoms with van der Waals surface area (Å²) in [6, 6.07) is 4.79. The van der Waals surface area contributed by atoms with Crippen molar-refractivity contribution >= 4 is 0 Å². The molecular formula is C16H23F3O2. The molecule has 0 aliphatic rings. The van der Waals surface area contributed by atoms with Crippen LogP contribution in [-0.2, 0) is 6.18 Å². The molecule has 5 heteroatoms. The average Bonchev–Trinajstić information content (AvgIpc) is 2.45. The maximum absolute atomic E-state index is 12.4. The maximum atomic E-state index is 12.4. The summed E-state index contributed by atoms with van der Waals surface area (Å²) in [7, 11) is 0. The maximum Gasteiger partial charge on any atom is 0.416 e. The highest BCUT2D eigenvalue weighted by atomic mass is 19.4. The van der Waals surface area contributed by atoms with Gasteiger partial charge in [0.1, 0.15) is 5.75 Å². The Labute approximate surface area is 123 Å². The molecule has 0 aliphatic heterocycles. The minimum Gasteiger partial charge on any atom is -0.494 e. The van der Waals surface area contributed by atoms with Crippen LogP contribution in [0, 0.1) is 0 Å². The van der Waals surface area contributed by atoms with Crippen molar-refractivity contribution in [1.29, 1.82) is 0 Å². The van der Waals surface area contributed by atoms with Crippen molar-refractivity contribution in [3.63, 3.8) is 0 Å². The van der Waals surface area contributed by atoms with E-state index in [9.17, 15) is 13.2 Å². The summed E-state index contributed by atoms with van der Waals surface area (Å²) in [6.07, 6.45) is 3.02. The van der Waals surface area contributed by atoms with Gasteiger partial charge >= 0.3 is 6.18 Å². The van der Waals surface area contributed by atoms with E-state index in [0.717, 1.165) is 57.1 Å². The highest BCUT2D eigenvalue weighted by Gasteiger charge is 2.29. The van der Waals surface area contributed by atoms with Gasteiger partial charge in [0, 0.05) is 6.61 Å². The second-order valence-corrected chi connectivity index (χ2v) is 5.07. The second kappa shape index (κ2) is 9.66. The molecule has 1 rings (SSSR count). The number of alkyl halides is 3. The summed E-state index contributed by atoms with van der Waals surface area (Å²) in [5.74, 6) is 0.478. The fourth-order valence-corrected chi connectivity index (χ4v) is 2.03. The molecule has 0 bridgehead atoms. The van der Waals surface area contributed by atoms with Gasteiger partial charge in [-0.2, -0.15) is 13.2 Å². The number of hydrogen-bond donors (Lipinski definition) is 1. The van der Waals surface area contributed by atoms with Crippen molar-refractivity contribution in [2.45, 2.75) is 51.1 Å². The lowest BCUT2D eigenvalue weighted by molar-refractivity contribution is -0.137. The van der Waals surface area contributed by atoms with E-state index in [4.69, 9.17) is 9.84 Å². The Bertz CT molecular complexity index is 374. The average molecular weight is 304 g/mol. The molecule has 0 saturated carbocycles. The Morgan fingerprint density at radius 3 is 1.86 bits per heavy atom. The molecule has 1 aromatic rings. The molecule has 0 unspecified atom stereocenters. The van der Waals surface area contributed by atoms with Gasteiger partial charge in [0.25, 0.3) is 0 Å². The van der Waals surface area contributed by atoms with Gasteiger partial charge in [-0.3, -0.25) is 0 Å². The zero-order valence-corrected chi connectivity index (χ0v) is 12.2. The van der Waals surface area contributed by atoms with E-state index in [2.05, 4.69) is 0 Å². The van der Waals surface area contributed by atoms with Crippen molar-refractivity contribution in [1.82, 2.24) is 0 Å². The normalized spacial score (nSPS) is 11.6. The standard InChI is InChI=1S/C16H23F3O2/c17-16(18,19)14-8-10-15(11-9-14)21-13-7-5-3-1-2-4-6-12-20/h8-11,20H,1-7,12-13H2. The summed E-state index contributed by atoms with van der Waals surface area (Å²) >= 11 is 0. The van der Waals surface area contributed by atoms with E-state index in [1.54, 1.807) is 0 Å². The summed E-state index contributed by atoms with van der Waals surface area (Å²) < 4.78 is 42.5. The molecule has 0 atom stereocenters. The topological polar surface area (TPSA) is 29.5 Å². The van der Waals surface area contributed by atoms with Crippen molar-refractivity contribution in [3.05, 3.63) is 29.8 Å². The predicted molar refractivity (Wildman–Crippen MR) is 76.3 cm³/mol.